The molecule has 1 saturated carbocycles. The molecule has 0 aromatic rings. The summed E-state index contributed by atoms with van der Waals surface area (Å²) in [5.74, 6) is 1.02. The van der Waals surface area contributed by atoms with Gasteiger partial charge in [-0.15, -0.1) is 24.0 Å². The van der Waals surface area contributed by atoms with Gasteiger partial charge in [-0.05, 0) is 52.2 Å². The second kappa shape index (κ2) is 14.5. The lowest BCUT2D eigenvalue weighted by Gasteiger charge is -2.25. The molecule has 1 aliphatic carbocycles. The van der Waals surface area contributed by atoms with Crippen LogP contribution in [0.2, 0.25) is 0 Å². The second-order valence-corrected chi connectivity index (χ2v) is 5.97. The predicted octanol–water partition coefficient (Wildman–Crippen LogP) is 3.61. The van der Waals surface area contributed by atoms with Crippen molar-refractivity contribution >= 4 is 29.9 Å². The van der Waals surface area contributed by atoms with Crippen LogP contribution in [-0.2, 0) is 0 Å². The van der Waals surface area contributed by atoms with Crippen LogP contribution in [-0.4, -0.2) is 49.6 Å². The summed E-state index contributed by atoms with van der Waals surface area (Å²) in [6, 6.07) is 0.632. The van der Waals surface area contributed by atoms with Gasteiger partial charge in [0.05, 0.1) is 0 Å². The minimum atomic E-state index is 0. The van der Waals surface area contributed by atoms with Gasteiger partial charge in [0, 0.05) is 19.1 Å². The van der Waals surface area contributed by atoms with E-state index < -0.39 is 0 Å². The highest BCUT2D eigenvalue weighted by Crippen LogP contribution is 2.17. The van der Waals surface area contributed by atoms with Crippen molar-refractivity contribution in [2.45, 2.75) is 71.8 Å². The van der Waals surface area contributed by atoms with Crippen LogP contribution >= 0.6 is 24.0 Å². The molecule has 5 heteroatoms. The zero-order chi connectivity index (χ0) is 15.3. The van der Waals surface area contributed by atoms with Gasteiger partial charge < -0.3 is 15.5 Å². The van der Waals surface area contributed by atoms with E-state index in [2.05, 4.69) is 36.3 Å². The van der Waals surface area contributed by atoms with Crippen LogP contribution in [0.3, 0.4) is 0 Å². The maximum absolute atomic E-state index is 4.73. The molecule has 2 N–H and O–H groups in total. The van der Waals surface area contributed by atoms with Crippen molar-refractivity contribution in [3.8, 4) is 0 Å². The first-order chi connectivity index (χ1) is 10.3. The first-order valence-corrected chi connectivity index (χ1v) is 9.07. The molecule has 0 radical (unpaired) electrons. The van der Waals surface area contributed by atoms with Crippen molar-refractivity contribution in [3.63, 3.8) is 0 Å². The van der Waals surface area contributed by atoms with Crippen LogP contribution in [0.15, 0.2) is 4.99 Å². The summed E-state index contributed by atoms with van der Waals surface area (Å²) in [5.41, 5.74) is 0. The van der Waals surface area contributed by atoms with Gasteiger partial charge in [-0.3, -0.25) is 4.99 Å². The Morgan fingerprint density at radius 1 is 1.05 bits per heavy atom. The molecule has 1 aliphatic rings. The highest BCUT2D eigenvalue weighted by atomic mass is 127. The van der Waals surface area contributed by atoms with Crippen molar-refractivity contribution in [3.05, 3.63) is 0 Å². The molecule has 0 atom stereocenters. The Morgan fingerprint density at radius 3 is 2.32 bits per heavy atom. The molecule has 0 aromatic heterocycles. The molecule has 0 bridgehead atoms. The lowest BCUT2D eigenvalue weighted by Crippen LogP contribution is -2.44. The third-order valence-corrected chi connectivity index (χ3v) is 4.34. The average molecular weight is 424 g/mol. The number of halogens is 1. The minimum absolute atomic E-state index is 0. The maximum atomic E-state index is 4.73. The molecule has 0 unspecified atom stereocenters. The largest absolute Gasteiger partial charge is 0.357 e. The van der Waals surface area contributed by atoms with Gasteiger partial charge in [-0.25, -0.2) is 0 Å². The van der Waals surface area contributed by atoms with Crippen LogP contribution in [0.1, 0.15) is 65.7 Å². The summed E-state index contributed by atoms with van der Waals surface area (Å²) in [6.45, 7) is 12.0. The topological polar surface area (TPSA) is 39.7 Å². The minimum Gasteiger partial charge on any atom is -0.357 e. The molecule has 132 valence electrons. The lowest BCUT2D eigenvalue weighted by atomic mass is 9.96. The fourth-order valence-electron chi connectivity index (χ4n) is 2.94. The molecule has 22 heavy (non-hydrogen) atoms. The third kappa shape index (κ3) is 9.87. The highest BCUT2D eigenvalue weighted by molar-refractivity contribution is 14.0. The van der Waals surface area contributed by atoms with Crippen molar-refractivity contribution in [2.75, 3.05) is 32.7 Å². The predicted molar refractivity (Wildman–Crippen MR) is 108 cm³/mol. The summed E-state index contributed by atoms with van der Waals surface area (Å²) >= 11 is 0. The Hall–Kier alpha value is -0.0400. The molecular formula is C17H37IN4. The smallest absolute Gasteiger partial charge is 0.191 e. The van der Waals surface area contributed by atoms with Crippen molar-refractivity contribution in [1.82, 2.24) is 15.5 Å². The SMILES string of the molecule is CCNC(=NCCCCN(CC)CC)NC1CCCCC1.I. The Labute approximate surface area is 154 Å². The van der Waals surface area contributed by atoms with Crippen LogP contribution in [0.4, 0.5) is 0 Å². The fraction of sp³-hybridized carbons (Fsp3) is 0.941. The number of nitrogens with zero attached hydrogens (tertiary/aromatic N) is 2. The van der Waals surface area contributed by atoms with E-state index in [4.69, 9.17) is 4.99 Å². The van der Waals surface area contributed by atoms with Gasteiger partial charge in [-0.1, -0.05) is 33.1 Å². The average Bonchev–Trinajstić information content (AvgIpc) is 2.52. The van der Waals surface area contributed by atoms with E-state index in [1.165, 1.54) is 51.5 Å². The summed E-state index contributed by atoms with van der Waals surface area (Å²) in [4.78, 5) is 7.21. The summed E-state index contributed by atoms with van der Waals surface area (Å²) in [5, 5.41) is 6.99. The lowest BCUT2D eigenvalue weighted by molar-refractivity contribution is 0.297. The molecule has 0 aromatic carbocycles. The van der Waals surface area contributed by atoms with Crippen molar-refractivity contribution in [1.29, 1.82) is 0 Å². The quantitative estimate of drug-likeness (QED) is 0.257. The maximum Gasteiger partial charge on any atom is 0.191 e. The first kappa shape index (κ1) is 22.0. The molecule has 0 aliphatic heterocycles. The number of aliphatic imine (C=N–C) groups is 1. The second-order valence-electron chi connectivity index (χ2n) is 5.97. The van der Waals surface area contributed by atoms with E-state index in [9.17, 15) is 0 Å². The van der Waals surface area contributed by atoms with E-state index in [-0.39, 0.29) is 24.0 Å². The number of nitrogens with one attached hydrogen (secondary N) is 2. The standard InChI is InChI=1S/C17H36N4.HI/c1-4-18-17(20-16-12-8-7-9-13-16)19-14-10-11-15-21(5-2)6-3;/h16H,4-15H2,1-3H3,(H2,18,19,20);1H. The molecular weight excluding hydrogens is 387 g/mol. The van der Waals surface area contributed by atoms with E-state index in [1.807, 2.05) is 0 Å². The summed E-state index contributed by atoms with van der Waals surface area (Å²) in [6.07, 6.45) is 9.14. The summed E-state index contributed by atoms with van der Waals surface area (Å²) < 4.78 is 0. The monoisotopic (exact) mass is 424 g/mol. The van der Waals surface area contributed by atoms with Crippen LogP contribution < -0.4 is 10.6 Å². The van der Waals surface area contributed by atoms with Crippen molar-refractivity contribution < 1.29 is 0 Å². The number of unbranched alkanes of at least 4 members (excludes halogenated alkanes) is 1. The Balaban J connectivity index is 0.00000441. The number of hydrogen-bond donors (Lipinski definition) is 2. The van der Waals surface area contributed by atoms with Crippen LogP contribution in [0.25, 0.3) is 0 Å². The van der Waals surface area contributed by atoms with Gasteiger partial charge in [0.25, 0.3) is 0 Å². The molecule has 0 saturated heterocycles. The fourth-order valence-corrected chi connectivity index (χ4v) is 2.94. The third-order valence-electron chi connectivity index (χ3n) is 4.34. The number of rotatable bonds is 9. The van der Waals surface area contributed by atoms with E-state index in [1.54, 1.807) is 0 Å². The van der Waals surface area contributed by atoms with Crippen LogP contribution in [0, 0.1) is 0 Å². The number of guanidine groups is 1. The first-order valence-electron chi connectivity index (χ1n) is 9.07. The summed E-state index contributed by atoms with van der Waals surface area (Å²) in [7, 11) is 0. The normalized spacial score (nSPS) is 16.5. The zero-order valence-electron chi connectivity index (χ0n) is 14.9. The van der Waals surface area contributed by atoms with Gasteiger partial charge in [0.2, 0.25) is 0 Å². The molecule has 1 fully saturated rings. The van der Waals surface area contributed by atoms with Gasteiger partial charge >= 0.3 is 0 Å². The molecule has 4 nitrogen and oxygen atoms in total. The van der Waals surface area contributed by atoms with Crippen molar-refractivity contribution in [2.24, 2.45) is 4.99 Å². The van der Waals surface area contributed by atoms with Gasteiger partial charge in [0.15, 0.2) is 5.96 Å². The Bertz CT molecular complexity index is 274. The molecule has 0 amide bonds. The zero-order valence-corrected chi connectivity index (χ0v) is 17.2. The van der Waals surface area contributed by atoms with E-state index in [0.717, 1.165) is 32.1 Å². The Morgan fingerprint density at radius 2 is 1.73 bits per heavy atom. The van der Waals surface area contributed by atoms with Crippen LogP contribution in [0.5, 0.6) is 0 Å². The van der Waals surface area contributed by atoms with Gasteiger partial charge in [-0.2, -0.15) is 0 Å². The Kier molecular flexibility index (Phi) is 14.5. The highest BCUT2D eigenvalue weighted by Gasteiger charge is 2.14. The molecule has 0 spiro atoms. The number of hydrogen-bond acceptors (Lipinski definition) is 2. The molecule has 1 rings (SSSR count). The van der Waals surface area contributed by atoms with Gasteiger partial charge in [0.1, 0.15) is 0 Å². The van der Waals surface area contributed by atoms with E-state index in [0.29, 0.717) is 6.04 Å². The molecule has 0 heterocycles. The van der Waals surface area contributed by atoms with E-state index >= 15 is 0 Å².